The number of halogens is 3. The van der Waals surface area contributed by atoms with Crippen molar-refractivity contribution in [1.82, 2.24) is 9.88 Å². The van der Waals surface area contributed by atoms with E-state index in [1.54, 1.807) is 6.07 Å². The fourth-order valence-electron chi connectivity index (χ4n) is 2.90. The summed E-state index contributed by atoms with van der Waals surface area (Å²) in [6.45, 7) is 0.769. The summed E-state index contributed by atoms with van der Waals surface area (Å²) < 4.78 is 14.4. The SMILES string of the molecule is O=C(Nc1cc(NCC2CCCN2)c(=O)n(CCF)c1)c1cc(Cl)c(Cl)s1. The van der Waals surface area contributed by atoms with Gasteiger partial charge in [0, 0.05) is 18.8 Å². The maximum absolute atomic E-state index is 12.8. The number of amides is 1. The number of nitrogens with one attached hydrogen (secondary N) is 3. The molecule has 146 valence electrons. The van der Waals surface area contributed by atoms with Crippen molar-refractivity contribution in [3.05, 3.63) is 42.9 Å². The molecule has 1 amide bonds. The largest absolute Gasteiger partial charge is 0.379 e. The molecule has 1 unspecified atom stereocenters. The van der Waals surface area contributed by atoms with Crippen molar-refractivity contribution >= 4 is 51.8 Å². The zero-order chi connectivity index (χ0) is 19.4. The number of nitrogens with zero attached hydrogens (tertiary/aromatic N) is 1. The summed E-state index contributed by atoms with van der Waals surface area (Å²) in [6.07, 6.45) is 3.55. The highest BCUT2D eigenvalue weighted by molar-refractivity contribution is 7.18. The Kier molecular flexibility index (Phi) is 6.75. The third-order valence-electron chi connectivity index (χ3n) is 4.24. The molecule has 6 nitrogen and oxygen atoms in total. The molecule has 0 radical (unpaired) electrons. The van der Waals surface area contributed by atoms with E-state index in [0.717, 1.165) is 30.7 Å². The molecule has 0 saturated carbocycles. The first-order valence-corrected chi connectivity index (χ1v) is 10.1. The van der Waals surface area contributed by atoms with Gasteiger partial charge in [0.15, 0.2) is 0 Å². The Balaban J connectivity index is 1.80. The lowest BCUT2D eigenvalue weighted by molar-refractivity contribution is 0.103. The number of aromatic nitrogens is 1. The number of aryl methyl sites for hydroxylation is 1. The molecule has 3 rings (SSSR count). The van der Waals surface area contributed by atoms with Crippen LogP contribution in [0.2, 0.25) is 9.36 Å². The zero-order valence-corrected chi connectivity index (χ0v) is 16.7. The van der Waals surface area contributed by atoms with E-state index < -0.39 is 12.6 Å². The molecule has 1 aliphatic rings. The first kappa shape index (κ1) is 20.1. The Morgan fingerprint density at radius 1 is 1.41 bits per heavy atom. The maximum atomic E-state index is 12.8. The summed E-state index contributed by atoms with van der Waals surface area (Å²) in [5, 5.41) is 9.46. The van der Waals surface area contributed by atoms with Gasteiger partial charge in [0.1, 0.15) is 16.7 Å². The molecule has 3 N–H and O–H groups in total. The smallest absolute Gasteiger partial charge is 0.274 e. The average molecular weight is 433 g/mol. The van der Waals surface area contributed by atoms with Crippen molar-refractivity contribution in [3.63, 3.8) is 0 Å². The van der Waals surface area contributed by atoms with Crippen LogP contribution in [0.5, 0.6) is 0 Å². The monoisotopic (exact) mass is 432 g/mol. The predicted molar refractivity (Wildman–Crippen MR) is 108 cm³/mol. The van der Waals surface area contributed by atoms with Gasteiger partial charge in [-0.05, 0) is 31.5 Å². The molecule has 1 atom stereocenters. The van der Waals surface area contributed by atoms with Gasteiger partial charge in [0.05, 0.1) is 22.1 Å². The third kappa shape index (κ3) is 5.01. The van der Waals surface area contributed by atoms with Crippen molar-refractivity contribution in [2.45, 2.75) is 25.4 Å². The normalized spacial score (nSPS) is 16.5. The van der Waals surface area contributed by atoms with Crippen molar-refractivity contribution in [1.29, 1.82) is 0 Å². The first-order chi connectivity index (χ1) is 13.0. The fourth-order valence-corrected chi connectivity index (χ4v) is 4.17. The summed E-state index contributed by atoms with van der Waals surface area (Å²) in [6, 6.07) is 3.32. The van der Waals surface area contributed by atoms with Crippen LogP contribution in [0.3, 0.4) is 0 Å². The molecule has 2 aromatic rings. The second kappa shape index (κ2) is 9.05. The van der Waals surface area contributed by atoms with Crippen LogP contribution in [0, 0.1) is 0 Å². The van der Waals surface area contributed by atoms with Crippen LogP contribution < -0.4 is 21.5 Å². The number of alkyl halides is 1. The molecule has 0 spiro atoms. The average Bonchev–Trinajstić information content (AvgIpc) is 3.27. The number of hydrogen-bond donors (Lipinski definition) is 3. The van der Waals surface area contributed by atoms with Gasteiger partial charge in [-0.3, -0.25) is 9.59 Å². The molecular weight excluding hydrogens is 414 g/mol. The number of carbonyl (C=O) groups is 1. The van der Waals surface area contributed by atoms with E-state index in [1.165, 1.54) is 16.8 Å². The van der Waals surface area contributed by atoms with E-state index in [4.69, 9.17) is 23.2 Å². The molecule has 1 fully saturated rings. The molecule has 27 heavy (non-hydrogen) atoms. The van der Waals surface area contributed by atoms with Gasteiger partial charge in [-0.15, -0.1) is 11.3 Å². The van der Waals surface area contributed by atoms with Crippen LogP contribution in [0.25, 0.3) is 0 Å². The van der Waals surface area contributed by atoms with Crippen LogP contribution >= 0.6 is 34.5 Å². The standard InChI is InChI=1S/C17H19Cl2FN4O2S/c18-12-7-14(27-15(12)19)16(25)23-11-6-13(17(26)24(9-11)5-3-20)22-8-10-2-1-4-21-10/h6-7,9-10,21-22H,1-5,8H2,(H,23,25). The molecule has 10 heteroatoms. The molecule has 0 aliphatic carbocycles. The lowest BCUT2D eigenvalue weighted by Gasteiger charge is -2.15. The Labute approximate surface area is 169 Å². The lowest BCUT2D eigenvalue weighted by Crippen LogP contribution is -2.32. The molecule has 1 saturated heterocycles. The quantitative estimate of drug-likeness (QED) is 0.624. The molecular formula is C17H19Cl2FN4O2S. The Morgan fingerprint density at radius 2 is 2.22 bits per heavy atom. The second-order valence-corrected chi connectivity index (χ2v) is 8.25. The number of thiophene rings is 1. The summed E-state index contributed by atoms with van der Waals surface area (Å²) >= 11 is 12.8. The molecule has 1 aliphatic heterocycles. The number of carbonyl (C=O) groups excluding carboxylic acids is 1. The van der Waals surface area contributed by atoms with Gasteiger partial charge in [-0.2, -0.15) is 0 Å². The molecule has 3 heterocycles. The first-order valence-electron chi connectivity index (χ1n) is 8.52. The van der Waals surface area contributed by atoms with Gasteiger partial charge >= 0.3 is 0 Å². The van der Waals surface area contributed by atoms with Crippen molar-refractivity contribution < 1.29 is 9.18 Å². The summed E-state index contributed by atoms with van der Waals surface area (Å²) in [7, 11) is 0. The second-order valence-electron chi connectivity index (χ2n) is 6.19. The van der Waals surface area contributed by atoms with Crippen LogP contribution in [0.4, 0.5) is 15.8 Å². The Bertz CT molecular complexity index is 861. The minimum Gasteiger partial charge on any atom is -0.379 e. The van der Waals surface area contributed by atoms with Crippen LogP contribution in [0.1, 0.15) is 22.5 Å². The fraction of sp³-hybridized carbons (Fsp3) is 0.412. The van der Waals surface area contributed by atoms with E-state index in [1.807, 2.05) is 0 Å². The maximum Gasteiger partial charge on any atom is 0.274 e. The minimum atomic E-state index is -0.683. The topological polar surface area (TPSA) is 75.2 Å². The van der Waals surface area contributed by atoms with E-state index >= 15 is 0 Å². The summed E-state index contributed by atoms with van der Waals surface area (Å²) in [5.74, 6) is -0.400. The number of hydrogen-bond acceptors (Lipinski definition) is 5. The number of rotatable bonds is 7. The van der Waals surface area contributed by atoms with E-state index in [-0.39, 0.29) is 18.1 Å². The lowest BCUT2D eigenvalue weighted by atomic mass is 10.2. The summed E-state index contributed by atoms with van der Waals surface area (Å²) in [5.41, 5.74) is 0.374. The highest BCUT2D eigenvalue weighted by Gasteiger charge is 2.17. The number of anilines is 2. The Morgan fingerprint density at radius 3 is 2.85 bits per heavy atom. The van der Waals surface area contributed by atoms with Gasteiger partial charge in [0.2, 0.25) is 0 Å². The summed E-state index contributed by atoms with van der Waals surface area (Å²) in [4.78, 5) is 25.2. The van der Waals surface area contributed by atoms with Gasteiger partial charge in [0.25, 0.3) is 11.5 Å². The Hall–Kier alpha value is -1.61. The van der Waals surface area contributed by atoms with E-state index in [0.29, 0.717) is 32.2 Å². The van der Waals surface area contributed by atoms with E-state index in [9.17, 15) is 14.0 Å². The molecule has 2 aromatic heterocycles. The number of pyridine rings is 1. The van der Waals surface area contributed by atoms with Crippen LogP contribution in [0.15, 0.2) is 23.1 Å². The van der Waals surface area contributed by atoms with Gasteiger partial charge < -0.3 is 20.5 Å². The predicted octanol–water partition coefficient (Wildman–Crippen LogP) is 3.60. The van der Waals surface area contributed by atoms with Gasteiger partial charge in [-0.25, -0.2) is 4.39 Å². The van der Waals surface area contributed by atoms with Crippen LogP contribution in [-0.4, -0.2) is 36.3 Å². The van der Waals surface area contributed by atoms with Gasteiger partial charge in [-0.1, -0.05) is 23.2 Å². The zero-order valence-electron chi connectivity index (χ0n) is 14.4. The third-order valence-corrected chi connectivity index (χ3v) is 6.10. The van der Waals surface area contributed by atoms with Crippen molar-refractivity contribution in [3.8, 4) is 0 Å². The molecule has 0 aromatic carbocycles. The van der Waals surface area contributed by atoms with E-state index in [2.05, 4.69) is 16.0 Å². The molecule has 0 bridgehead atoms. The van der Waals surface area contributed by atoms with Crippen LogP contribution in [-0.2, 0) is 6.54 Å². The highest BCUT2D eigenvalue weighted by atomic mass is 35.5. The van der Waals surface area contributed by atoms with Crippen molar-refractivity contribution in [2.24, 2.45) is 0 Å². The van der Waals surface area contributed by atoms with Crippen molar-refractivity contribution in [2.75, 3.05) is 30.4 Å². The minimum absolute atomic E-state index is 0.0877. The highest BCUT2D eigenvalue weighted by Crippen LogP contribution is 2.32.